The van der Waals surface area contributed by atoms with Crippen molar-refractivity contribution in [1.29, 1.82) is 0 Å². The summed E-state index contributed by atoms with van der Waals surface area (Å²) in [5.41, 5.74) is 0.243. The van der Waals surface area contributed by atoms with E-state index in [-0.39, 0.29) is 33.7 Å². The van der Waals surface area contributed by atoms with Gasteiger partial charge in [0, 0.05) is 34.0 Å². The van der Waals surface area contributed by atoms with E-state index in [9.17, 15) is 19.2 Å². The zero-order chi connectivity index (χ0) is 40.9. The smallest absolute Gasteiger partial charge is 0.234 e. The van der Waals surface area contributed by atoms with Gasteiger partial charge in [0.1, 0.15) is 0 Å². The Bertz CT molecular complexity index is 1420. The number of rotatable bonds is 8. The molecule has 12 fully saturated rings. The van der Waals surface area contributed by atoms with E-state index in [2.05, 4.69) is 31.1 Å². The van der Waals surface area contributed by atoms with E-state index in [0.29, 0.717) is 47.8 Å². The molecule has 324 valence electrons. The number of hydrogen-bond acceptors (Lipinski definition) is 6. The van der Waals surface area contributed by atoms with E-state index in [1.165, 1.54) is 38.5 Å². The van der Waals surface area contributed by atoms with E-state index >= 15 is 0 Å². The molecule has 2 atom stereocenters. The Balaban J connectivity index is 0.000000150. The van der Waals surface area contributed by atoms with Gasteiger partial charge < -0.3 is 21.3 Å². The normalized spacial score (nSPS) is 40.1. The molecule has 0 aromatic carbocycles. The number of hydrogen-bond donors (Lipinski definition) is 4. The number of amides is 4. The third-order valence-electron chi connectivity index (χ3n) is 17.5. The minimum atomic E-state index is -0.169. The predicted octanol–water partition coefficient (Wildman–Crippen LogP) is 6.18. The first kappa shape index (κ1) is 41.2. The SMILES string of the molecule is CC(C)(C)NC(=O)CN1CCC2(CC1)CC2NC(=O)C12CC3CC(CC(C3)C1)C2.CC(C)(C)NC(=O)CN1CCC2(CC1)C[C@H]2NC(=O)C12CC3CC(CC(C3)C1)C2. The molecule has 0 aromatic heterocycles. The highest BCUT2D eigenvalue weighted by Gasteiger charge is 2.61. The van der Waals surface area contributed by atoms with Crippen molar-refractivity contribution in [2.75, 3.05) is 39.3 Å². The van der Waals surface area contributed by atoms with Crippen LogP contribution in [-0.4, -0.2) is 95.9 Å². The summed E-state index contributed by atoms with van der Waals surface area (Å²) in [5, 5.41) is 13.2. The lowest BCUT2D eigenvalue weighted by atomic mass is 9.49. The van der Waals surface area contributed by atoms with Crippen molar-refractivity contribution in [3.05, 3.63) is 0 Å². The van der Waals surface area contributed by atoms with Crippen LogP contribution in [0, 0.1) is 57.2 Å². The van der Waals surface area contributed by atoms with Gasteiger partial charge in [-0.25, -0.2) is 0 Å². The van der Waals surface area contributed by atoms with Crippen molar-refractivity contribution in [3.8, 4) is 0 Å². The van der Waals surface area contributed by atoms with Crippen LogP contribution < -0.4 is 21.3 Å². The highest BCUT2D eigenvalue weighted by atomic mass is 16.2. The third kappa shape index (κ3) is 8.63. The van der Waals surface area contributed by atoms with Crippen LogP contribution in [0.15, 0.2) is 0 Å². The van der Waals surface area contributed by atoms with Gasteiger partial charge in [-0.3, -0.25) is 29.0 Å². The van der Waals surface area contributed by atoms with Gasteiger partial charge in [-0.2, -0.15) is 0 Å². The van der Waals surface area contributed by atoms with Gasteiger partial charge in [0.15, 0.2) is 0 Å². The van der Waals surface area contributed by atoms with Crippen LogP contribution in [0.4, 0.5) is 0 Å². The average Bonchev–Trinajstić information content (AvgIpc) is 3.98. The van der Waals surface area contributed by atoms with Crippen molar-refractivity contribution in [2.24, 2.45) is 57.2 Å². The highest BCUT2D eigenvalue weighted by Crippen LogP contribution is 2.63. The van der Waals surface area contributed by atoms with Gasteiger partial charge in [0.25, 0.3) is 0 Å². The summed E-state index contributed by atoms with van der Waals surface area (Å²) in [4.78, 5) is 55.7. The molecule has 2 saturated heterocycles. The van der Waals surface area contributed by atoms with E-state index in [1.54, 1.807) is 0 Å². The molecule has 1 unspecified atom stereocenters. The second-order valence-electron chi connectivity index (χ2n) is 24.7. The van der Waals surface area contributed by atoms with E-state index in [1.807, 2.05) is 41.5 Å². The maximum atomic E-state index is 13.3. The Morgan fingerprint density at radius 3 is 1.00 bits per heavy atom. The first-order valence-corrected chi connectivity index (χ1v) is 24.0. The summed E-state index contributed by atoms with van der Waals surface area (Å²) in [6, 6.07) is 0.766. The zero-order valence-corrected chi connectivity index (χ0v) is 37.1. The van der Waals surface area contributed by atoms with Crippen molar-refractivity contribution >= 4 is 23.6 Å². The molecule has 4 amide bonds. The largest absolute Gasteiger partial charge is 0.352 e. The second kappa shape index (κ2) is 14.7. The summed E-state index contributed by atoms with van der Waals surface area (Å²) in [6.07, 6.45) is 22.0. The minimum Gasteiger partial charge on any atom is -0.352 e. The molecule has 10 heteroatoms. The molecular weight excluding hydrogens is 725 g/mol. The van der Waals surface area contributed by atoms with Crippen molar-refractivity contribution < 1.29 is 19.2 Å². The molecule has 2 spiro atoms. The molecule has 12 aliphatic rings. The Morgan fingerprint density at radius 1 is 0.466 bits per heavy atom. The quantitative estimate of drug-likeness (QED) is 0.233. The van der Waals surface area contributed by atoms with E-state index in [0.717, 1.165) is 139 Å². The van der Waals surface area contributed by atoms with Gasteiger partial charge in [0.05, 0.1) is 13.1 Å². The lowest BCUT2D eigenvalue weighted by Gasteiger charge is -2.55. The first-order valence-electron chi connectivity index (χ1n) is 24.0. The molecule has 10 saturated carbocycles. The topological polar surface area (TPSA) is 123 Å². The molecule has 4 N–H and O–H groups in total. The molecule has 2 heterocycles. The zero-order valence-electron chi connectivity index (χ0n) is 37.1. The van der Waals surface area contributed by atoms with Gasteiger partial charge in [0.2, 0.25) is 23.6 Å². The van der Waals surface area contributed by atoms with Gasteiger partial charge in [-0.1, -0.05) is 0 Å². The van der Waals surface area contributed by atoms with Crippen LogP contribution in [0.25, 0.3) is 0 Å². The summed E-state index contributed by atoms with van der Waals surface area (Å²) >= 11 is 0. The fourth-order valence-corrected chi connectivity index (χ4v) is 15.2. The number of carbonyl (C=O) groups is 4. The van der Waals surface area contributed by atoms with Crippen molar-refractivity contribution in [1.82, 2.24) is 31.1 Å². The van der Waals surface area contributed by atoms with Crippen LogP contribution in [0.2, 0.25) is 0 Å². The molecule has 10 nitrogen and oxygen atoms in total. The summed E-state index contributed by atoms with van der Waals surface area (Å²) in [7, 11) is 0. The number of carbonyl (C=O) groups excluding carboxylic acids is 4. The van der Waals surface area contributed by atoms with Crippen molar-refractivity contribution in [2.45, 2.75) is 180 Å². The average molecular weight is 803 g/mol. The number of piperidine rings is 2. The van der Waals surface area contributed by atoms with E-state index in [4.69, 9.17) is 0 Å². The van der Waals surface area contributed by atoms with Crippen LogP contribution in [0.5, 0.6) is 0 Å². The first-order chi connectivity index (χ1) is 27.3. The molecule has 58 heavy (non-hydrogen) atoms. The van der Waals surface area contributed by atoms with Gasteiger partial charge in [-0.05, 0) is 230 Å². The monoisotopic (exact) mass is 803 g/mol. The number of nitrogens with zero attached hydrogens (tertiary/aromatic N) is 2. The summed E-state index contributed by atoms with van der Waals surface area (Å²) in [5.74, 6) is 5.96. The van der Waals surface area contributed by atoms with Crippen LogP contribution >= 0.6 is 0 Å². The lowest BCUT2D eigenvalue weighted by molar-refractivity contribution is -0.147. The Labute approximate surface area is 349 Å². The predicted molar refractivity (Wildman–Crippen MR) is 226 cm³/mol. The minimum absolute atomic E-state index is 0.0235. The molecular formula is C48H78N6O4. The number of nitrogens with one attached hydrogen (secondary N) is 4. The van der Waals surface area contributed by atoms with E-state index < -0.39 is 0 Å². The molecule has 2 aliphatic heterocycles. The fraction of sp³-hybridized carbons (Fsp3) is 0.917. The Hall–Kier alpha value is -2.20. The molecule has 0 radical (unpaired) electrons. The van der Waals surface area contributed by atoms with Crippen molar-refractivity contribution in [3.63, 3.8) is 0 Å². The van der Waals surface area contributed by atoms with Gasteiger partial charge >= 0.3 is 0 Å². The Morgan fingerprint density at radius 2 is 0.741 bits per heavy atom. The molecule has 8 bridgehead atoms. The van der Waals surface area contributed by atoms with Crippen LogP contribution in [-0.2, 0) is 19.2 Å². The summed E-state index contributed by atoms with van der Waals surface area (Å²) in [6.45, 7) is 17.0. The fourth-order valence-electron chi connectivity index (χ4n) is 15.2. The van der Waals surface area contributed by atoms with Crippen LogP contribution in [0.3, 0.4) is 0 Å². The summed E-state index contributed by atoms with van der Waals surface area (Å²) < 4.78 is 0. The van der Waals surface area contributed by atoms with Gasteiger partial charge in [-0.15, -0.1) is 0 Å². The van der Waals surface area contributed by atoms with Crippen LogP contribution in [0.1, 0.15) is 157 Å². The highest BCUT2D eigenvalue weighted by molar-refractivity contribution is 5.84. The maximum Gasteiger partial charge on any atom is 0.234 e. The standard InChI is InChI=1S/2C24H39N3O2/c2*1-22(2,3)26-20(28)15-27-6-4-23(5-7-27)14-19(23)25-21(29)24-11-16-8-17(12-24)10-18(9-16)13-24/h2*16-19H,4-15H2,1-3H3,(H,25,29)(H,26,28)/t16?,17?,18?,19-,24?;/m1./s1. The Kier molecular flexibility index (Phi) is 10.4. The third-order valence-corrected chi connectivity index (χ3v) is 17.5. The molecule has 0 aromatic rings. The molecule has 12 rings (SSSR count). The lowest BCUT2D eigenvalue weighted by Crippen LogP contribution is -2.54. The molecule has 10 aliphatic carbocycles. The number of likely N-dealkylation sites (tertiary alicyclic amines) is 2. The maximum absolute atomic E-state index is 13.3. The second-order valence-corrected chi connectivity index (χ2v) is 24.7.